The summed E-state index contributed by atoms with van der Waals surface area (Å²) < 4.78 is 0. The van der Waals surface area contributed by atoms with Crippen LogP contribution in [0.5, 0.6) is 0 Å². The minimum Gasteiger partial charge on any atom is -1.00 e. The number of H-pyrrole nitrogens is 1. The summed E-state index contributed by atoms with van der Waals surface area (Å²) in [5.41, 5.74) is 2.63. The van der Waals surface area contributed by atoms with Crippen molar-refractivity contribution in [2.24, 2.45) is 0 Å². The van der Waals surface area contributed by atoms with E-state index in [1.54, 1.807) is 0 Å². The number of hydrogen-bond donors (Lipinski definition) is 1. The van der Waals surface area contributed by atoms with Gasteiger partial charge in [0.1, 0.15) is 0 Å². The number of benzene rings is 1. The first-order valence-electron chi connectivity index (χ1n) is 5.62. The van der Waals surface area contributed by atoms with Gasteiger partial charge in [0.05, 0.1) is 0 Å². The molecule has 0 aliphatic carbocycles. The molecule has 0 aliphatic rings. The van der Waals surface area contributed by atoms with E-state index in [9.17, 15) is 0 Å². The molecule has 0 saturated carbocycles. The van der Waals surface area contributed by atoms with Gasteiger partial charge in [0, 0.05) is 23.6 Å². The van der Waals surface area contributed by atoms with Crippen LogP contribution in [0.15, 0.2) is 30.5 Å². The minimum absolute atomic E-state index is 0. The van der Waals surface area contributed by atoms with E-state index in [0.717, 1.165) is 19.6 Å². The van der Waals surface area contributed by atoms with E-state index in [0.29, 0.717) is 0 Å². The lowest BCUT2D eigenvalue weighted by Gasteiger charge is -2.17. The zero-order valence-electron chi connectivity index (χ0n) is 10.8. The predicted octanol–water partition coefficient (Wildman–Crippen LogP) is 0.126. The molecule has 3 heteroatoms. The van der Waals surface area contributed by atoms with Crippen molar-refractivity contribution in [2.45, 2.75) is 20.4 Å². The second-order valence-corrected chi connectivity index (χ2v) is 3.82. The van der Waals surface area contributed by atoms with Crippen molar-refractivity contribution in [2.75, 3.05) is 13.1 Å². The van der Waals surface area contributed by atoms with Crippen LogP contribution in [0.4, 0.5) is 0 Å². The summed E-state index contributed by atoms with van der Waals surface area (Å²) >= 11 is 0. The van der Waals surface area contributed by atoms with E-state index >= 15 is 0 Å². The second-order valence-electron chi connectivity index (χ2n) is 3.82. The van der Waals surface area contributed by atoms with Crippen LogP contribution in [0, 0.1) is 0 Å². The van der Waals surface area contributed by atoms with Crippen molar-refractivity contribution < 1.29 is 13.8 Å². The fraction of sp³-hybridized carbons (Fsp3) is 0.385. The second kappa shape index (κ2) is 5.92. The lowest BCUT2D eigenvalue weighted by Crippen LogP contribution is -3.00. The van der Waals surface area contributed by atoms with Crippen LogP contribution in [-0.2, 0) is 6.54 Å². The quantitative estimate of drug-likeness (QED) is 0.802. The number of nitrogens with zero attached hydrogens (tertiary/aromatic N) is 1. The van der Waals surface area contributed by atoms with Crippen LogP contribution in [0.1, 0.15) is 20.8 Å². The Morgan fingerprint density at radius 3 is 2.56 bits per heavy atom. The first kappa shape index (κ1) is 13.1. The number of halogens is 1. The van der Waals surface area contributed by atoms with Crippen LogP contribution in [-0.4, -0.2) is 23.0 Å². The van der Waals surface area contributed by atoms with E-state index in [2.05, 4.69) is 54.2 Å². The Hall–Kier alpha value is -0.990. The summed E-state index contributed by atoms with van der Waals surface area (Å²) in [6.07, 6.45) is 2.13. The summed E-state index contributed by atoms with van der Waals surface area (Å²) in [5.74, 6) is 0. The molecule has 0 unspecified atom stereocenters. The first-order chi connectivity index (χ1) is 7.35. The normalized spacial score (nSPS) is 10.7. The molecule has 88 valence electrons. The maximum Gasteiger partial charge on any atom is 1.00 e. The van der Waals surface area contributed by atoms with E-state index in [4.69, 9.17) is 0 Å². The molecule has 1 aromatic heterocycles. The van der Waals surface area contributed by atoms with Crippen LogP contribution in [0.25, 0.3) is 10.9 Å². The molecule has 16 heavy (non-hydrogen) atoms. The van der Waals surface area contributed by atoms with Gasteiger partial charge in [0.2, 0.25) is 0 Å². The monoisotopic (exact) mass is 238 g/mol. The highest BCUT2D eigenvalue weighted by molar-refractivity contribution is 5.82. The molecule has 2 nitrogen and oxygen atoms in total. The molecule has 2 rings (SSSR count). The van der Waals surface area contributed by atoms with E-state index in [1.807, 2.05) is 0 Å². The zero-order chi connectivity index (χ0) is 10.7. The molecule has 0 atom stereocenters. The molecule has 0 amide bonds. The minimum atomic E-state index is 0. The standard InChI is InChI=1S/C13H18N2.ClH/c1-3-15(4-2)10-11-9-14-13-8-6-5-7-12(11)13;/h5-9,14H,3-4,10H2,1-2H3;1H. The van der Waals surface area contributed by atoms with Crippen LogP contribution < -0.4 is 12.4 Å². The van der Waals surface area contributed by atoms with Gasteiger partial charge in [0.25, 0.3) is 0 Å². The third-order valence-electron chi connectivity index (χ3n) is 2.96. The SMILES string of the molecule is CCN(CC)Cc1c[nH]c2ccccc12.[Cl-].[H+]. The van der Waals surface area contributed by atoms with Crippen LogP contribution >= 0.6 is 0 Å². The summed E-state index contributed by atoms with van der Waals surface area (Å²) in [4.78, 5) is 5.74. The van der Waals surface area contributed by atoms with E-state index in [1.165, 1.54) is 16.5 Å². The van der Waals surface area contributed by atoms with E-state index in [-0.39, 0.29) is 13.8 Å². The molecule has 0 spiro atoms. The topological polar surface area (TPSA) is 19.0 Å². The highest BCUT2D eigenvalue weighted by Crippen LogP contribution is 2.18. The van der Waals surface area contributed by atoms with Gasteiger partial charge < -0.3 is 17.4 Å². The van der Waals surface area contributed by atoms with Gasteiger partial charge in [-0.2, -0.15) is 0 Å². The molecule has 0 fully saturated rings. The number of rotatable bonds is 4. The number of nitrogens with one attached hydrogen (secondary N) is 1. The van der Waals surface area contributed by atoms with Crippen molar-refractivity contribution in [3.63, 3.8) is 0 Å². The van der Waals surface area contributed by atoms with Crippen molar-refractivity contribution in [1.29, 1.82) is 0 Å². The average molecular weight is 239 g/mol. The summed E-state index contributed by atoms with van der Waals surface area (Å²) in [7, 11) is 0. The number of hydrogen-bond acceptors (Lipinski definition) is 1. The lowest BCUT2D eigenvalue weighted by atomic mass is 10.1. The Morgan fingerprint density at radius 2 is 1.88 bits per heavy atom. The summed E-state index contributed by atoms with van der Waals surface area (Å²) in [6, 6.07) is 8.48. The third-order valence-corrected chi connectivity index (χ3v) is 2.96. The molecule has 0 bridgehead atoms. The van der Waals surface area contributed by atoms with Crippen LogP contribution in [0.2, 0.25) is 0 Å². The van der Waals surface area contributed by atoms with Gasteiger partial charge in [0.15, 0.2) is 0 Å². The molecule has 0 saturated heterocycles. The number of aromatic nitrogens is 1. The lowest BCUT2D eigenvalue weighted by molar-refractivity contribution is -0.00000321. The molecular weight excluding hydrogens is 220 g/mol. The third kappa shape index (κ3) is 2.57. The molecular formula is C13H19ClN2. The van der Waals surface area contributed by atoms with Gasteiger partial charge in [-0.15, -0.1) is 0 Å². The largest absolute Gasteiger partial charge is 1.00 e. The first-order valence-corrected chi connectivity index (χ1v) is 5.62. The molecule has 1 N–H and O–H groups in total. The molecule has 0 radical (unpaired) electrons. The van der Waals surface area contributed by atoms with E-state index < -0.39 is 0 Å². The van der Waals surface area contributed by atoms with Crippen molar-refractivity contribution >= 4 is 10.9 Å². The fourth-order valence-electron chi connectivity index (χ4n) is 1.95. The maximum absolute atomic E-state index is 3.32. The maximum atomic E-state index is 3.32. The number of para-hydroxylation sites is 1. The van der Waals surface area contributed by atoms with Gasteiger partial charge in [-0.3, -0.25) is 4.90 Å². The summed E-state index contributed by atoms with van der Waals surface area (Å²) in [5, 5.41) is 1.35. The average Bonchev–Trinajstić information content (AvgIpc) is 2.69. The van der Waals surface area contributed by atoms with Gasteiger partial charge >= 0.3 is 1.43 Å². The predicted molar refractivity (Wildman–Crippen MR) is 66.0 cm³/mol. The van der Waals surface area contributed by atoms with Crippen molar-refractivity contribution in [3.8, 4) is 0 Å². The zero-order valence-corrected chi connectivity index (χ0v) is 10.6. The highest BCUT2D eigenvalue weighted by atomic mass is 35.5. The van der Waals surface area contributed by atoms with Gasteiger partial charge in [-0.05, 0) is 24.7 Å². The Kier molecular flexibility index (Phi) is 4.84. The summed E-state index contributed by atoms with van der Waals surface area (Å²) in [6.45, 7) is 7.67. The Bertz CT molecular complexity index is 438. The highest BCUT2D eigenvalue weighted by Gasteiger charge is 2.05. The molecule has 2 aromatic rings. The number of aromatic amines is 1. The van der Waals surface area contributed by atoms with Gasteiger partial charge in [-0.25, -0.2) is 0 Å². The van der Waals surface area contributed by atoms with Gasteiger partial charge in [-0.1, -0.05) is 32.0 Å². The Morgan fingerprint density at radius 1 is 1.19 bits per heavy atom. The Labute approximate surface area is 105 Å². The van der Waals surface area contributed by atoms with Crippen LogP contribution in [0.3, 0.4) is 0 Å². The fourth-order valence-corrected chi connectivity index (χ4v) is 1.95. The van der Waals surface area contributed by atoms with Crippen molar-refractivity contribution in [1.82, 2.24) is 9.88 Å². The molecule has 0 aliphatic heterocycles. The molecule has 1 aromatic carbocycles. The smallest absolute Gasteiger partial charge is 1.00 e. The number of fused-ring (bicyclic) bond motifs is 1. The van der Waals surface area contributed by atoms with Crippen molar-refractivity contribution in [3.05, 3.63) is 36.0 Å². The Balaban J connectivity index is 0.00000128. The molecule has 1 heterocycles.